The topological polar surface area (TPSA) is 122 Å². The van der Waals surface area contributed by atoms with Crippen molar-refractivity contribution in [3.8, 4) is 0 Å². The van der Waals surface area contributed by atoms with Crippen LogP contribution in [-0.2, 0) is 33.2 Å². The van der Waals surface area contributed by atoms with E-state index in [4.69, 9.17) is 33.9 Å². The number of aliphatic hydroxyl groups excluding tert-OH is 2. The molecule has 27 heavy (non-hydrogen) atoms. The van der Waals surface area contributed by atoms with Crippen LogP contribution in [0.1, 0.15) is 13.8 Å². The molecule has 0 radical (unpaired) electrons. The standard InChI is InChI=1S/C6H14O4.C6H14O3.C5H10O3/c7-1-3-9-5-6-10-4-2-8;1-7-3-5-9-6-4-8-2;1-3-7-5(6)8-4-2/h7-8H,1-6H2;3-6H2,1-2H3;3-4H2,1-2H3. The number of ether oxygens (including phenoxy) is 7. The van der Waals surface area contributed by atoms with Crippen molar-refractivity contribution in [1.29, 1.82) is 0 Å². The molecule has 0 aromatic heterocycles. The summed E-state index contributed by atoms with van der Waals surface area (Å²) in [6, 6.07) is 0. The van der Waals surface area contributed by atoms with Crippen molar-refractivity contribution < 1.29 is 48.2 Å². The number of hydrogen-bond donors (Lipinski definition) is 2. The van der Waals surface area contributed by atoms with Crippen LogP contribution in [0.15, 0.2) is 0 Å². The Morgan fingerprint density at radius 2 is 0.963 bits per heavy atom. The van der Waals surface area contributed by atoms with Crippen molar-refractivity contribution in [1.82, 2.24) is 0 Å². The van der Waals surface area contributed by atoms with E-state index in [1.54, 1.807) is 28.1 Å². The van der Waals surface area contributed by atoms with E-state index in [2.05, 4.69) is 9.47 Å². The largest absolute Gasteiger partial charge is 0.508 e. The van der Waals surface area contributed by atoms with E-state index in [0.717, 1.165) is 0 Å². The van der Waals surface area contributed by atoms with Gasteiger partial charge in [-0.05, 0) is 13.8 Å². The van der Waals surface area contributed by atoms with E-state index >= 15 is 0 Å². The van der Waals surface area contributed by atoms with Gasteiger partial charge in [-0.25, -0.2) is 4.79 Å². The van der Waals surface area contributed by atoms with Crippen LogP contribution in [0.4, 0.5) is 4.79 Å². The third kappa shape index (κ3) is 40.8. The SMILES string of the molecule is CCOC(=O)OCC.COCCOCCOC.OCCOCCOCCO. The molecule has 0 aliphatic rings. The zero-order valence-electron chi connectivity index (χ0n) is 17.1. The molecule has 0 atom stereocenters. The van der Waals surface area contributed by atoms with Crippen LogP contribution in [0.3, 0.4) is 0 Å². The molecule has 0 aliphatic heterocycles. The summed E-state index contributed by atoms with van der Waals surface area (Å²) < 4.78 is 33.2. The van der Waals surface area contributed by atoms with Crippen molar-refractivity contribution in [3.05, 3.63) is 0 Å². The Hall–Kier alpha value is -1.01. The van der Waals surface area contributed by atoms with Gasteiger partial charge in [0.1, 0.15) is 0 Å². The second kappa shape index (κ2) is 32.6. The number of hydrogen-bond acceptors (Lipinski definition) is 10. The molecule has 10 nitrogen and oxygen atoms in total. The third-order valence-corrected chi connectivity index (χ3v) is 2.23. The average molecular weight is 402 g/mol. The van der Waals surface area contributed by atoms with Gasteiger partial charge in [0.25, 0.3) is 0 Å². The number of aliphatic hydroxyl groups is 2. The third-order valence-electron chi connectivity index (χ3n) is 2.23. The summed E-state index contributed by atoms with van der Waals surface area (Å²) in [4.78, 5) is 10.2. The molecule has 0 unspecified atom stereocenters. The van der Waals surface area contributed by atoms with Gasteiger partial charge in [0.05, 0.1) is 79.3 Å². The quantitative estimate of drug-likeness (QED) is 0.295. The Kier molecular flexibility index (Phi) is 37.1. The molecular weight excluding hydrogens is 364 g/mol. The molecule has 0 saturated carbocycles. The summed E-state index contributed by atoms with van der Waals surface area (Å²) in [7, 11) is 3.30. The van der Waals surface area contributed by atoms with Crippen LogP contribution in [0.25, 0.3) is 0 Å². The summed E-state index contributed by atoms with van der Waals surface area (Å²) in [6.45, 7) is 8.56. The minimum Gasteiger partial charge on any atom is -0.435 e. The minimum absolute atomic E-state index is 0.0417. The fourth-order valence-electron chi connectivity index (χ4n) is 1.12. The van der Waals surface area contributed by atoms with Crippen LogP contribution in [-0.4, -0.2) is 110 Å². The Morgan fingerprint density at radius 3 is 1.26 bits per heavy atom. The summed E-state index contributed by atoms with van der Waals surface area (Å²) in [6.07, 6.45) is -0.588. The van der Waals surface area contributed by atoms with Gasteiger partial charge in [0.15, 0.2) is 0 Å². The highest BCUT2D eigenvalue weighted by atomic mass is 16.7. The molecule has 0 rings (SSSR count). The Labute approximate surface area is 162 Å². The van der Waals surface area contributed by atoms with Gasteiger partial charge in [-0.1, -0.05) is 0 Å². The van der Waals surface area contributed by atoms with Gasteiger partial charge in [0.2, 0.25) is 0 Å². The van der Waals surface area contributed by atoms with Gasteiger partial charge in [-0.15, -0.1) is 0 Å². The van der Waals surface area contributed by atoms with Crippen molar-refractivity contribution >= 4 is 6.16 Å². The number of methoxy groups -OCH3 is 2. The highest BCUT2D eigenvalue weighted by Crippen LogP contribution is 1.82. The van der Waals surface area contributed by atoms with Crippen LogP contribution >= 0.6 is 0 Å². The lowest BCUT2D eigenvalue weighted by Gasteiger charge is -2.01. The predicted octanol–water partition coefficient (Wildman–Crippen LogP) is 0.479. The van der Waals surface area contributed by atoms with Crippen LogP contribution < -0.4 is 0 Å². The Balaban J connectivity index is -0.000000322. The normalized spacial score (nSPS) is 9.56. The van der Waals surface area contributed by atoms with E-state index in [1.807, 2.05) is 0 Å². The second-order valence-corrected chi connectivity index (χ2v) is 4.39. The van der Waals surface area contributed by atoms with Crippen molar-refractivity contribution in [2.45, 2.75) is 13.8 Å². The molecule has 10 heteroatoms. The van der Waals surface area contributed by atoms with Crippen LogP contribution in [0.5, 0.6) is 0 Å². The molecule has 0 amide bonds. The molecule has 0 fully saturated rings. The van der Waals surface area contributed by atoms with Crippen LogP contribution in [0.2, 0.25) is 0 Å². The maximum Gasteiger partial charge on any atom is 0.508 e. The summed E-state index contributed by atoms with van der Waals surface area (Å²) in [5.41, 5.74) is 0. The molecular formula is C17H38O10. The van der Waals surface area contributed by atoms with Gasteiger partial charge >= 0.3 is 6.16 Å². The highest BCUT2D eigenvalue weighted by molar-refractivity contribution is 5.59. The maximum atomic E-state index is 10.2. The number of carbonyl (C=O) groups is 1. The first-order valence-electron chi connectivity index (χ1n) is 8.86. The lowest BCUT2D eigenvalue weighted by molar-refractivity contribution is 0.0222. The van der Waals surface area contributed by atoms with Gasteiger partial charge in [-0.3, -0.25) is 0 Å². The monoisotopic (exact) mass is 402 g/mol. The molecule has 0 bridgehead atoms. The van der Waals surface area contributed by atoms with E-state index in [-0.39, 0.29) is 13.2 Å². The first kappa shape index (κ1) is 30.7. The molecule has 2 N–H and O–H groups in total. The fraction of sp³-hybridized carbons (Fsp3) is 0.941. The first-order chi connectivity index (χ1) is 13.1. The lowest BCUT2D eigenvalue weighted by atomic mass is 10.7. The predicted molar refractivity (Wildman–Crippen MR) is 99.0 cm³/mol. The molecule has 166 valence electrons. The van der Waals surface area contributed by atoms with Crippen molar-refractivity contribution in [2.75, 3.05) is 93.5 Å². The number of rotatable bonds is 15. The molecule has 0 aromatic rings. The lowest BCUT2D eigenvalue weighted by Crippen LogP contribution is -2.09. The van der Waals surface area contributed by atoms with Gasteiger partial charge in [-0.2, -0.15) is 0 Å². The molecule has 0 spiro atoms. The summed E-state index contributed by atoms with van der Waals surface area (Å²) in [5.74, 6) is 0. The maximum absolute atomic E-state index is 10.2. The molecule has 0 aromatic carbocycles. The smallest absolute Gasteiger partial charge is 0.435 e. The van der Waals surface area contributed by atoms with E-state index in [9.17, 15) is 4.79 Å². The Bertz CT molecular complexity index is 232. The van der Waals surface area contributed by atoms with Crippen LogP contribution in [0, 0.1) is 0 Å². The van der Waals surface area contributed by atoms with E-state index in [1.165, 1.54) is 0 Å². The van der Waals surface area contributed by atoms with Crippen molar-refractivity contribution in [3.63, 3.8) is 0 Å². The van der Waals surface area contributed by atoms with E-state index in [0.29, 0.717) is 66.1 Å². The second-order valence-electron chi connectivity index (χ2n) is 4.39. The van der Waals surface area contributed by atoms with Gasteiger partial charge < -0.3 is 43.4 Å². The summed E-state index contributed by atoms with van der Waals surface area (Å²) >= 11 is 0. The average Bonchev–Trinajstić information content (AvgIpc) is 2.66. The molecule has 0 saturated heterocycles. The first-order valence-corrected chi connectivity index (χ1v) is 8.86. The minimum atomic E-state index is -0.588. The highest BCUT2D eigenvalue weighted by Gasteiger charge is 1.96. The van der Waals surface area contributed by atoms with E-state index < -0.39 is 6.16 Å². The zero-order chi connectivity index (χ0) is 21.0. The van der Waals surface area contributed by atoms with Gasteiger partial charge in [0, 0.05) is 14.2 Å². The molecule has 0 heterocycles. The summed E-state index contributed by atoms with van der Waals surface area (Å²) in [5, 5.41) is 16.5. The number of carbonyl (C=O) groups excluding carboxylic acids is 1. The zero-order valence-corrected chi connectivity index (χ0v) is 17.1. The fourth-order valence-corrected chi connectivity index (χ4v) is 1.12. The Morgan fingerprint density at radius 1 is 0.630 bits per heavy atom. The molecule has 0 aliphatic carbocycles. The van der Waals surface area contributed by atoms with Crippen molar-refractivity contribution in [2.24, 2.45) is 0 Å².